The number of aromatic amines is 2. The van der Waals surface area contributed by atoms with Crippen molar-refractivity contribution in [1.29, 1.82) is 0 Å². The van der Waals surface area contributed by atoms with Crippen molar-refractivity contribution in [2.75, 3.05) is 0 Å². The van der Waals surface area contributed by atoms with Crippen LogP contribution in [-0.2, 0) is 0 Å². The number of nitrogens with one attached hydrogen (secondary N) is 2. The highest BCUT2D eigenvalue weighted by Crippen LogP contribution is 2.09. The Morgan fingerprint density at radius 1 is 0.812 bits per heavy atom. The Hall–Kier alpha value is -2.50. The van der Waals surface area contributed by atoms with Gasteiger partial charge in [-0.05, 0) is 12.1 Å². The molecule has 3 rings (SSSR count). The summed E-state index contributed by atoms with van der Waals surface area (Å²) in [6.07, 6.45) is 0. The van der Waals surface area contributed by atoms with Crippen LogP contribution >= 0.6 is 0 Å². The molecule has 0 fully saturated rings. The molecule has 0 atom stereocenters. The fraction of sp³-hybridized carbons (Fsp3) is 0. The van der Waals surface area contributed by atoms with Crippen LogP contribution < -0.4 is 11.1 Å². The third-order valence-corrected chi connectivity index (χ3v) is 2.29. The predicted molar refractivity (Wildman–Crippen MR) is 58.3 cm³/mol. The first kappa shape index (κ1) is 8.78. The van der Waals surface area contributed by atoms with Crippen molar-refractivity contribution in [2.45, 2.75) is 0 Å². The van der Waals surface area contributed by atoms with Crippen LogP contribution in [0.1, 0.15) is 0 Å². The Labute approximate surface area is 88.0 Å². The van der Waals surface area contributed by atoms with Crippen molar-refractivity contribution in [3.63, 3.8) is 0 Å². The fourth-order valence-electron chi connectivity index (χ4n) is 1.55. The van der Waals surface area contributed by atoms with Crippen LogP contribution in [0.5, 0.6) is 0 Å². The van der Waals surface area contributed by atoms with E-state index in [0.717, 1.165) is 0 Å². The van der Waals surface area contributed by atoms with E-state index in [2.05, 4.69) is 20.2 Å². The maximum atomic E-state index is 11.4. The SMILES string of the molecule is O=c1[nH][nH]c(=O)c2nc3ccccc3nc12. The van der Waals surface area contributed by atoms with E-state index in [1.807, 2.05) is 0 Å². The van der Waals surface area contributed by atoms with Gasteiger partial charge in [0.2, 0.25) is 0 Å². The minimum Gasteiger partial charge on any atom is -0.266 e. The normalized spacial score (nSPS) is 11.0. The highest BCUT2D eigenvalue weighted by molar-refractivity contribution is 5.84. The Balaban J connectivity index is 2.66. The van der Waals surface area contributed by atoms with Crippen LogP contribution in [0.3, 0.4) is 0 Å². The van der Waals surface area contributed by atoms with E-state index >= 15 is 0 Å². The molecule has 0 aliphatic heterocycles. The number of benzene rings is 1. The van der Waals surface area contributed by atoms with Gasteiger partial charge in [-0.2, -0.15) is 0 Å². The van der Waals surface area contributed by atoms with Crippen LogP contribution in [0, 0.1) is 0 Å². The average Bonchev–Trinajstić information content (AvgIpc) is 2.32. The molecule has 6 heteroatoms. The largest absolute Gasteiger partial charge is 0.290 e. The van der Waals surface area contributed by atoms with Crippen LogP contribution in [-0.4, -0.2) is 20.2 Å². The molecule has 0 unspecified atom stereocenters. The average molecular weight is 214 g/mol. The number of para-hydroxylation sites is 2. The lowest BCUT2D eigenvalue weighted by molar-refractivity contribution is 0.965. The second kappa shape index (κ2) is 2.99. The van der Waals surface area contributed by atoms with Crippen molar-refractivity contribution >= 4 is 22.1 Å². The van der Waals surface area contributed by atoms with E-state index < -0.39 is 11.1 Å². The summed E-state index contributed by atoms with van der Waals surface area (Å²) in [4.78, 5) is 31.1. The van der Waals surface area contributed by atoms with Gasteiger partial charge < -0.3 is 0 Å². The molecule has 3 aromatic rings. The molecular weight excluding hydrogens is 208 g/mol. The number of hydrogen-bond donors (Lipinski definition) is 2. The molecule has 16 heavy (non-hydrogen) atoms. The van der Waals surface area contributed by atoms with Gasteiger partial charge in [-0.25, -0.2) is 9.97 Å². The minimum absolute atomic E-state index is 0.0578. The molecule has 0 saturated heterocycles. The van der Waals surface area contributed by atoms with Gasteiger partial charge in [0.15, 0.2) is 11.0 Å². The summed E-state index contributed by atoms with van der Waals surface area (Å²) in [5.74, 6) is 0. The monoisotopic (exact) mass is 214 g/mol. The summed E-state index contributed by atoms with van der Waals surface area (Å²) in [5, 5.41) is 4.42. The first-order chi connectivity index (χ1) is 7.75. The maximum Gasteiger partial charge on any atom is 0.290 e. The van der Waals surface area contributed by atoms with Gasteiger partial charge in [-0.1, -0.05) is 12.1 Å². The zero-order valence-electron chi connectivity index (χ0n) is 8.02. The van der Waals surface area contributed by atoms with Crippen molar-refractivity contribution in [3.05, 3.63) is 45.0 Å². The highest BCUT2D eigenvalue weighted by Gasteiger charge is 2.07. The molecule has 0 radical (unpaired) electrons. The van der Waals surface area contributed by atoms with E-state index in [0.29, 0.717) is 11.0 Å². The van der Waals surface area contributed by atoms with Crippen molar-refractivity contribution in [2.24, 2.45) is 0 Å². The fourth-order valence-corrected chi connectivity index (χ4v) is 1.55. The van der Waals surface area contributed by atoms with Crippen LogP contribution in [0.15, 0.2) is 33.9 Å². The Bertz CT molecular complexity index is 735. The first-order valence-electron chi connectivity index (χ1n) is 4.63. The molecule has 2 N–H and O–H groups in total. The van der Waals surface area contributed by atoms with Gasteiger partial charge in [-0.3, -0.25) is 19.8 Å². The zero-order chi connectivity index (χ0) is 11.1. The molecule has 2 aromatic heterocycles. The molecule has 0 aliphatic rings. The standard InChI is InChI=1S/C10H6N4O2/c15-9-7-8(10(16)14-13-9)12-6-4-2-1-3-5(6)11-7/h1-4H,(H,13,15)(H,14,16). The minimum atomic E-state index is -0.451. The van der Waals surface area contributed by atoms with Crippen molar-refractivity contribution in [1.82, 2.24) is 20.2 Å². The van der Waals surface area contributed by atoms with Crippen molar-refractivity contribution < 1.29 is 0 Å². The van der Waals surface area contributed by atoms with E-state index in [-0.39, 0.29) is 11.0 Å². The predicted octanol–water partition coefficient (Wildman–Crippen LogP) is 0.160. The summed E-state index contributed by atoms with van der Waals surface area (Å²) < 4.78 is 0. The lowest BCUT2D eigenvalue weighted by Gasteiger charge is -1.98. The smallest absolute Gasteiger partial charge is 0.266 e. The van der Waals surface area contributed by atoms with Gasteiger partial charge in [0.1, 0.15) is 0 Å². The molecule has 2 heterocycles. The number of H-pyrrole nitrogens is 2. The quantitative estimate of drug-likeness (QED) is 0.521. The third-order valence-electron chi connectivity index (χ3n) is 2.29. The van der Waals surface area contributed by atoms with E-state index in [9.17, 15) is 9.59 Å². The summed E-state index contributed by atoms with van der Waals surface area (Å²) >= 11 is 0. The van der Waals surface area contributed by atoms with E-state index in [1.165, 1.54) is 0 Å². The zero-order valence-corrected chi connectivity index (χ0v) is 8.02. The molecule has 1 aromatic carbocycles. The van der Waals surface area contributed by atoms with E-state index in [4.69, 9.17) is 0 Å². The molecule has 0 amide bonds. The van der Waals surface area contributed by atoms with Gasteiger partial charge in [0, 0.05) is 0 Å². The molecule has 0 aliphatic carbocycles. The Morgan fingerprint density at radius 2 is 1.25 bits per heavy atom. The van der Waals surface area contributed by atoms with E-state index in [1.54, 1.807) is 24.3 Å². The topological polar surface area (TPSA) is 91.5 Å². The van der Waals surface area contributed by atoms with Gasteiger partial charge >= 0.3 is 0 Å². The van der Waals surface area contributed by atoms with Gasteiger partial charge in [0.25, 0.3) is 11.1 Å². The second-order valence-corrected chi connectivity index (χ2v) is 3.32. The summed E-state index contributed by atoms with van der Waals surface area (Å²) in [7, 11) is 0. The van der Waals surface area contributed by atoms with Crippen molar-refractivity contribution in [3.8, 4) is 0 Å². The molecular formula is C10H6N4O2. The van der Waals surface area contributed by atoms with Crippen LogP contribution in [0.2, 0.25) is 0 Å². The molecule has 0 spiro atoms. The molecule has 0 saturated carbocycles. The van der Waals surface area contributed by atoms with Gasteiger partial charge in [0.05, 0.1) is 11.0 Å². The van der Waals surface area contributed by atoms with Crippen LogP contribution in [0.4, 0.5) is 0 Å². The number of rotatable bonds is 0. The summed E-state index contributed by atoms with van der Waals surface area (Å²) in [5.41, 5.74) is 0.391. The number of nitrogens with zero attached hydrogens (tertiary/aromatic N) is 2. The second-order valence-electron chi connectivity index (χ2n) is 3.32. The molecule has 0 bridgehead atoms. The van der Waals surface area contributed by atoms with Crippen LogP contribution in [0.25, 0.3) is 22.1 Å². The highest BCUT2D eigenvalue weighted by atomic mass is 16.1. The number of aromatic nitrogens is 4. The lowest BCUT2D eigenvalue weighted by atomic mass is 10.3. The third kappa shape index (κ3) is 1.13. The maximum absolute atomic E-state index is 11.4. The summed E-state index contributed by atoms with van der Waals surface area (Å²) in [6, 6.07) is 7.07. The summed E-state index contributed by atoms with van der Waals surface area (Å²) in [6.45, 7) is 0. The number of hydrogen-bond acceptors (Lipinski definition) is 4. The Morgan fingerprint density at radius 3 is 1.69 bits per heavy atom. The first-order valence-corrected chi connectivity index (χ1v) is 4.63. The lowest BCUT2D eigenvalue weighted by Crippen LogP contribution is -2.21. The number of fused-ring (bicyclic) bond motifs is 2. The van der Waals surface area contributed by atoms with Gasteiger partial charge in [-0.15, -0.1) is 0 Å². The Kier molecular flexibility index (Phi) is 1.64. The molecule has 6 nitrogen and oxygen atoms in total. The molecule has 78 valence electrons.